The highest BCUT2D eigenvalue weighted by atomic mass is 79.9. The minimum absolute atomic E-state index is 0.247. The molecule has 7 heteroatoms. The van der Waals surface area contributed by atoms with Gasteiger partial charge in [-0.2, -0.15) is 0 Å². The van der Waals surface area contributed by atoms with E-state index in [9.17, 15) is 4.79 Å². The van der Waals surface area contributed by atoms with Gasteiger partial charge >= 0.3 is 0 Å². The number of thioether (sulfide) groups is 1. The number of halogens is 1. The second-order valence-electron chi connectivity index (χ2n) is 6.10. The van der Waals surface area contributed by atoms with Gasteiger partial charge in [0.05, 0.1) is 11.6 Å². The van der Waals surface area contributed by atoms with Crippen molar-refractivity contribution < 1.29 is 9.53 Å². The third-order valence-electron chi connectivity index (χ3n) is 4.17. The maximum atomic E-state index is 12.6. The zero-order valence-corrected chi connectivity index (χ0v) is 18.0. The molecule has 3 aromatic rings. The Kier molecular flexibility index (Phi) is 7.06. The first-order valence-corrected chi connectivity index (χ1v) is 10.5. The van der Waals surface area contributed by atoms with E-state index in [1.54, 1.807) is 13.3 Å². The molecule has 0 atom stereocenters. The lowest BCUT2D eigenvalue weighted by Gasteiger charge is -2.09. The number of hydrogen-bond acceptors (Lipinski definition) is 5. The van der Waals surface area contributed by atoms with Crippen LogP contribution in [-0.4, -0.2) is 23.0 Å². The van der Waals surface area contributed by atoms with Crippen molar-refractivity contribution >= 4 is 33.6 Å². The van der Waals surface area contributed by atoms with Crippen LogP contribution in [0.1, 0.15) is 27.2 Å². The normalized spacial score (nSPS) is 10.5. The zero-order chi connectivity index (χ0) is 19.9. The van der Waals surface area contributed by atoms with Crippen molar-refractivity contribution in [2.75, 3.05) is 7.11 Å². The Morgan fingerprint density at radius 2 is 1.93 bits per heavy atom. The van der Waals surface area contributed by atoms with Crippen LogP contribution in [0.15, 0.2) is 64.4 Å². The molecule has 0 spiro atoms. The molecule has 0 unspecified atom stereocenters. The molecule has 1 amide bonds. The Morgan fingerprint density at radius 3 is 2.64 bits per heavy atom. The largest absolute Gasteiger partial charge is 0.497 e. The molecule has 0 aliphatic carbocycles. The van der Waals surface area contributed by atoms with E-state index in [2.05, 4.69) is 50.3 Å². The number of nitrogens with zero attached hydrogens (tertiary/aromatic N) is 2. The molecule has 144 valence electrons. The van der Waals surface area contributed by atoms with Gasteiger partial charge in [0.15, 0.2) is 5.16 Å². The Morgan fingerprint density at radius 1 is 1.18 bits per heavy atom. The number of hydrogen-bond donors (Lipinski definition) is 1. The molecule has 28 heavy (non-hydrogen) atoms. The summed E-state index contributed by atoms with van der Waals surface area (Å²) in [5.74, 6) is 1.29. The standard InChI is InChI=1S/C21H20BrN3O2S/c1-14-5-3-4-6-16(14)13-28-21-24-12-18(22)19(25-21)20(26)23-11-15-7-9-17(27-2)10-8-15/h3-10,12H,11,13H2,1-2H3,(H,23,26). The van der Waals surface area contributed by atoms with Gasteiger partial charge in [-0.1, -0.05) is 48.2 Å². The molecule has 1 heterocycles. The summed E-state index contributed by atoms with van der Waals surface area (Å²) >= 11 is 4.88. The van der Waals surface area contributed by atoms with Crippen LogP contribution in [0, 0.1) is 6.92 Å². The number of rotatable bonds is 7. The molecule has 5 nitrogen and oxygen atoms in total. The topological polar surface area (TPSA) is 64.1 Å². The van der Waals surface area contributed by atoms with Crippen LogP contribution in [0.2, 0.25) is 0 Å². The van der Waals surface area contributed by atoms with Gasteiger partial charge in [0, 0.05) is 18.5 Å². The molecule has 0 fully saturated rings. The first-order chi connectivity index (χ1) is 13.6. The van der Waals surface area contributed by atoms with Gasteiger partial charge in [0.2, 0.25) is 0 Å². The molecule has 3 rings (SSSR count). The van der Waals surface area contributed by atoms with Crippen LogP contribution in [0.25, 0.3) is 0 Å². The third kappa shape index (κ3) is 5.33. The van der Waals surface area contributed by atoms with Gasteiger partial charge in [-0.15, -0.1) is 0 Å². The summed E-state index contributed by atoms with van der Waals surface area (Å²) in [6.45, 7) is 2.49. The SMILES string of the molecule is COc1ccc(CNC(=O)c2nc(SCc3ccccc3C)ncc2Br)cc1. The lowest BCUT2D eigenvalue weighted by molar-refractivity contribution is 0.0944. The van der Waals surface area contributed by atoms with Crippen LogP contribution in [-0.2, 0) is 12.3 Å². The maximum Gasteiger partial charge on any atom is 0.271 e. The van der Waals surface area contributed by atoms with Crippen molar-refractivity contribution in [1.29, 1.82) is 0 Å². The summed E-state index contributed by atoms with van der Waals surface area (Å²) in [6, 6.07) is 15.8. The van der Waals surface area contributed by atoms with E-state index in [0.717, 1.165) is 17.1 Å². The number of nitrogens with one attached hydrogen (secondary N) is 1. The number of carbonyl (C=O) groups is 1. The summed E-state index contributed by atoms with van der Waals surface area (Å²) < 4.78 is 5.71. The van der Waals surface area contributed by atoms with Crippen molar-refractivity contribution in [3.8, 4) is 5.75 Å². The van der Waals surface area contributed by atoms with E-state index in [-0.39, 0.29) is 5.91 Å². The lowest BCUT2D eigenvalue weighted by atomic mass is 10.1. The summed E-state index contributed by atoms with van der Waals surface area (Å²) in [6.07, 6.45) is 1.62. The third-order valence-corrected chi connectivity index (χ3v) is 5.66. The molecule has 1 N–H and O–H groups in total. The molecule has 0 radical (unpaired) electrons. The molecule has 0 saturated heterocycles. The average molecular weight is 458 g/mol. The fraction of sp³-hybridized carbons (Fsp3) is 0.190. The second kappa shape index (κ2) is 9.71. The highest BCUT2D eigenvalue weighted by molar-refractivity contribution is 9.10. The number of ether oxygens (including phenoxy) is 1. The average Bonchev–Trinajstić information content (AvgIpc) is 2.72. The number of carbonyl (C=O) groups excluding carboxylic acids is 1. The summed E-state index contributed by atoms with van der Waals surface area (Å²) in [5.41, 5.74) is 3.76. The first-order valence-electron chi connectivity index (χ1n) is 8.68. The number of methoxy groups -OCH3 is 1. The van der Waals surface area contributed by atoms with Crippen LogP contribution < -0.4 is 10.1 Å². The van der Waals surface area contributed by atoms with Crippen molar-refractivity contribution in [2.45, 2.75) is 24.4 Å². The summed E-state index contributed by atoms with van der Waals surface area (Å²) in [7, 11) is 1.62. The van der Waals surface area contributed by atoms with Crippen LogP contribution in [0.4, 0.5) is 0 Å². The van der Waals surface area contributed by atoms with Gasteiger partial charge in [-0.05, 0) is 51.7 Å². The van der Waals surface area contributed by atoms with E-state index in [4.69, 9.17) is 4.74 Å². The van der Waals surface area contributed by atoms with E-state index < -0.39 is 0 Å². The number of amides is 1. The molecular weight excluding hydrogens is 438 g/mol. The summed E-state index contributed by atoms with van der Waals surface area (Å²) in [4.78, 5) is 21.3. The molecule has 0 saturated carbocycles. The maximum absolute atomic E-state index is 12.6. The van der Waals surface area contributed by atoms with Gasteiger partial charge in [-0.3, -0.25) is 4.79 Å². The van der Waals surface area contributed by atoms with E-state index in [1.807, 2.05) is 36.4 Å². The van der Waals surface area contributed by atoms with Crippen LogP contribution in [0.3, 0.4) is 0 Å². The fourth-order valence-corrected chi connectivity index (χ4v) is 3.77. The van der Waals surface area contributed by atoms with Crippen molar-refractivity contribution in [2.24, 2.45) is 0 Å². The smallest absolute Gasteiger partial charge is 0.271 e. The monoisotopic (exact) mass is 457 g/mol. The van der Waals surface area contributed by atoms with Gasteiger partial charge < -0.3 is 10.1 Å². The minimum Gasteiger partial charge on any atom is -0.497 e. The highest BCUT2D eigenvalue weighted by Gasteiger charge is 2.14. The molecule has 1 aromatic heterocycles. The Hall–Kier alpha value is -2.38. The zero-order valence-electron chi connectivity index (χ0n) is 15.6. The van der Waals surface area contributed by atoms with E-state index in [0.29, 0.717) is 21.9 Å². The second-order valence-corrected chi connectivity index (χ2v) is 7.89. The number of aromatic nitrogens is 2. The molecule has 0 aliphatic heterocycles. The Balaban J connectivity index is 1.64. The van der Waals surface area contributed by atoms with Crippen LogP contribution >= 0.6 is 27.7 Å². The van der Waals surface area contributed by atoms with E-state index >= 15 is 0 Å². The quantitative estimate of drug-likeness (QED) is 0.408. The molecule has 0 aliphatic rings. The summed E-state index contributed by atoms with van der Waals surface area (Å²) in [5, 5.41) is 3.46. The highest BCUT2D eigenvalue weighted by Crippen LogP contribution is 2.23. The predicted octanol–water partition coefficient (Wildman–Crippen LogP) is 4.78. The van der Waals surface area contributed by atoms with Gasteiger partial charge in [-0.25, -0.2) is 9.97 Å². The van der Waals surface area contributed by atoms with Gasteiger partial charge in [0.1, 0.15) is 11.4 Å². The number of aryl methyl sites for hydroxylation is 1. The van der Waals surface area contributed by atoms with Gasteiger partial charge in [0.25, 0.3) is 5.91 Å². The number of benzene rings is 2. The lowest BCUT2D eigenvalue weighted by Crippen LogP contribution is -2.24. The van der Waals surface area contributed by atoms with E-state index in [1.165, 1.54) is 22.9 Å². The molecule has 2 aromatic carbocycles. The minimum atomic E-state index is -0.247. The molecular formula is C21H20BrN3O2S. The fourth-order valence-electron chi connectivity index (χ4n) is 2.50. The first kappa shape index (κ1) is 20.4. The Bertz CT molecular complexity index is 964. The van der Waals surface area contributed by atoms with Crippen molar-refractivity contribution in [3.63, 3.8) is 0 Å². The Labute approximate surface area is 177 Å². The predicted molar refractivity (Wildman–Crippen MR) is 115 cm³/mol. The van der Waals surface area contributed by atoms with Crippen molar-refractivity contribution in [1.82, 2.24) is 15.3 Å². The van der Waals surface area contributed by atoms with Crippen molar-refractivity contribution in [3.05, 3.63) is 81.6 Å². The molecule has 0 bridgehead atoms. The van der Waals surface area contributed by atoms with Crippen LogP contribution in [0.5, 0.6) is 5.75 Å².